The molecule has 26 heavy (non-hydrogen) atoms. The van der Waals surface area contributed by atoms with Crippen LogP contribution in [-0.4, -0.2) is 42.0 Å². The maximum Gasteiger partial charge on any atom is 0.308 e. The first-order valence-corrected chi connectivity index (χ1v) is 9.25. The van der Waals surface area contributed by atoms with Gasteiger partial charge in [-0.1, -0.05) is 44.2 Å². The van der Waals surface area contributed by atoms with Crippen molar-refractivity contribution in [2.45, 2.75) is 27.0 Å². The quantitative estimate of drug-likeness (QED) is 0.747. The van der Waals surface area contributed by atoms with E-state index in [0.717, 1.165) is 44.1 Å². The molecule has 1 aromatic carbocycles. The first-order chi connectivity index (χ1) is 12.6. The van der Waals surface area contributed by atoms with Crippen molar-refractivity contribution < 1.29 is 9.53 Å². The molecule has 0 unspecified atom stereocenters. The fraction of sp³-hybridized carbons (Fsp3) is 0.429. The van der Waals surface area contributed by atoms with Crippen LogP contribution in [0.1, 0.15) is 25.0 Å². The summed E-state index contributed by atoms with van der Waals surface area (Å²) in [6.07, 6.45) is 1.84. The number of pyridine rings is 1. The second-order valence-electron chi connectivity index (χ2n) is 6.98. The summed E-state index contributed by atoms with van der Waals surface area (Å²) in [5, 5.41) is 0. The lowest BCUT2D eigenvalue weighted by atomic mass is 10.1. The van der Waals surface area contributed by atoms with Gasteiger partial charge in [-0.2, -0.15) is 0 Å². The van der Waals surface area contributed by atoms with Crippen LogP contribution < -0.4 is 4.90 Å². The average molecular weight is 353 g/mol. The molecule has 2 aromatic rings. The molecule has 0 bridgehead atoms. The number of carbonyl (C=O) groups excluding carboxylic acids is 1. The fourth-order valence-electron chi connectivity index (χ4n) is 3.08. The van der Waals surface area contributed by atoms with Gasteiger partial charge < -0.3 is 9.64 Å². The van der Waals surface area contributed by atoms with Crippen LogP contribution in [0.25, 0.3) is 0 Å². The number of piperazine rings is 1. The molecule has 5 heteroatoms. The summed E-state index contributed by atoms with van der Waals surface area (Å²) >= 11 is 0. The number of hydrogen-bond donors (Lipinski definition) is 0. The number of rotatable bonds is 6. The van der Waals surface area contributed by atoms with Gasteiger partial charge in [-0.3, -0.25) is 9.69 Å². The summed E-state index contributed by atoms with van der Waals surface area (Å²) in [6, 6.07) is 14.3. The predicted octanol–water partition coefficient (Wildman–Crippen LogP) is 3.10. The summed E-state index contributed by atoms with van der Waals surface area (Å²) in [6.45, 7) is 8.88. The minimum Gasteiger partial charge on any atom is -0.461 e. The van der Waals surface area contributed by atoms with Crippen LogP contribution in [0.3, 0.4) is 0 Å². The molecule has 0 radical (unpaired) electrons. The van der Waals surface area contributed by atoms with Gasteiger partial charge in [-0.25, -0.2) is 4.98 Å². The minimum absolute atomic E-state index is 0.0955. The summed E-state index contributed by atoms with van der Waals surface area (Å²) in [4.78, 5) is 21.0. The van der Waals surface area contributed by atoms with Gasteiger partial charge in [0.2, 0.25) is 0 Å². The van der Waals surface area contributed by atoms with E-state index in [2.05, 4.69) is 26.9 Å². The lowest BCUT2D eigenvalue weighted by Crippen LogP contribution is -2.46. The third-order valence-electron chi connectivity index (χ3n) is 4.70. The number of carbonyl (C=O) groups is 1. The molecule has 5 nitrogen and oxygen atoms in total. The largest absolute Gasteiger partial charge is 0.461 e. The Morgan fingerprint density at radius 1 is 1.04 bits per heavy atom. The van der Waals surface area contributed by atoms with Crippen molar-refractivity contribution in [2.24, 2.45) is 5.92 Å². The molecule has 1 aliphatic heterocycles. The van der Waals surface area contributed by atoms with Crippen molar-refractivity contribution in [3.05, 3.63) is 59.8 Å². The SMILES string of the molecule is CC(C)C(=O)OCc1ccccc1CN1CCN(c2ccccn2)CC1. The highest BCUT2D eigenvalue weighted by atomic mass is 16.5. The minimum atomic E-state index is -0.149. The van der Waals surface area contributed by atoms with E-state index in [1.54, 1.807) is 0 Å². The van der Waals surface area contributed by atoms with Gasteiger partial charge in [-0.05, 0) is 23.3 Å². The monoisotopic (exact) mass is 353 g/mol. The Bertz CT molecular complexity index is 710. The van der Waals surface area contributed by atoms with E-state index in [0.29, 0.717) is 6.61 Å². The molecule has 1 saturated heterocycles. The zero-order chi connectivity index (χ0) is 18.4. The highest BCUT2D eigenvalue weighted by Crippen LogP contribution is 2.17. The Hall–Kier alpha value is -2.40. The normalized spacial score (nSPS) is 15.3. The molecule has 3 rings (SSSR count). The van der Waals surface area contributed by atoms with E-state index in [9.17, 15) is 4.79 Å². The molecule has 1 fully saturated rings. The van der Waals surface area contributed by atoms with Crippen LogP contribution in [-0.2, 0) is 22.7 Å². The molecule has 1 aromatic heterocycles. The van der Waals surface area contributed by atoms with Crippen molar-refractivity contribution in [3.63, 3.8) is 0 Å². The van der Waals surface area contributed by atoms with E-state index in [1.165, 1.54) is 5.56 Å². The average Bonchev–Trinajstić information content (AvgIpc) is 2.68. The third kappa shape index (κ3) is 4.82. The van der Waals surface area contributed by atoms with E-state index in [1.807, 2.05) is 50.4 Å². The number of hydrogen-bond acceptors (Lipinski definition) is 5. The van der Waals surface area contributed by atoms with Gasteiger partial charge in [0.05, 0.1) is 5.92 Å². The zero-order valence-corrected chi connectivity index (χ0v) is 15.6. The molecular weight excluding hydrogens is 326 g/mol. The van der Waals surface area contributed by atoms with E-state index >= 15 is 0 Å². The van der Waals surface area contributed by atoms with Crippen molar-refractivity contribution in [3.8, 4) is 0 Å². The molecule has 0 aliphatic carbocycles. The number of aromatic nitrogens is 1. The predicted molar refractivity (Wildman–Crippen MR) is 103 cm³/mol. The standard InChI is InChI=1S/C21H27N3O2/c1-17(2)21(25)26-16-19-8-4-3-7-18(19)15-23-11-13-24(14-12-23)20-9-5-6-10-22-20/h3-10,17H,11-16H2,1-2H3. The Labute approximate surface area is 155 Å². The lowest BCUT2D eigenvalue weighted by molar-refractivity contribution is -0.148. The van der Waals surface area contributed by atoms with E-state index in [-0.39, 0.29) is 11.9 Å². The molecule has 0 saturated carbocycles. The second-order valence-corrected chi connectivity index (χ2v) is 6.98. The zero-order valence-electron chi connectivity index (χ0n) is 15.6. The molecule has 2 heterocycles. The van der Waals surface area contributed by atoms with Crippen molar-refractivity contribution in [2.75, 3.05) is 31.1 Å². The Balaban J connectivity index is 1.56. The maximum atomic E-state index is 11.7. The second kappa shape index (κ2) is 8.81. The molecule has 0 amide bonds. The first-order valence-electron chi connectivity index (χ1n) is 9.25. The molecular formula is C21H27N3O2. The van der Waals surface area contributed by atoms with Crippen LogP contribution in [0.4, 0.5) is 5.82 Å². The van der Waals surface area contributed by atoms with Crippen LogP contribution in [0, 0.1) is 5.92 Å². The molecule has 138 valence electrons. The van der Waals surface area contributed by atoms with Crippen molar-refractivity contribution >= 4 is 11.8 Å². The summed E-state index contributed by atoms with van der Waals surface area (Å²) < 4.78 is 5.42. The van der Waals surface area contributed by atoms with Crippen molar-refractivity contribution in [1.29, 1.82) is 0 Å². The van der Waals surface area contributed by atoms with Gasteiger partial charge in [0.25, 0.3) is 0 Å². The Morgan fingerprint density at radius 3 is 2.38 bits per heavy atom. The first kappa shape index (κ1) is 18.4. The maximum absolute atomic E-state index is 11.7. The molecule has 1 aliphatic rings. The number of anilines is 1. The van der Waals surface area contributed by atoms with Crippen LogP contribution in [0.2, 0.25) is 0 Å². The van der Waals surface area contributed by atoms with E-state index in [4.69, 9.17) is 4.74 Å². The van der Waals surface area contributed by atoms with Gasteiger partial charge in [-0.15, -0.1) is 0 Å². The van der Waals surface area contributed by atoms with Gasteiger partial charge in [0, 0.05) is 38.9 Å². The third-order valence-corrected chi connectivity index (χ3v) is 4.70. The number of esters is 1. The van der Waals surface area contributed by atoms with Gasteiger partial charge in [0.1, 0.15) is 12.4 Å². The lowest BCUT2D eigenvalue weighted by Gasteiger charge is -2.35. The van der Waals surface area contributed by atoms with Crippen LogP contribution in [0.15, 0.2) is 48.7 Å². The Kier molecular flexibility index (Phi) is 6.23. The fourth-order valence-corrected chi connectivity index (χ4v) is 3.08. The highest BCUT2D eigenvalue weighted by molar-refractivity contribution is 5.71. The summed E-state index contributed by atoms with van der Waals surface area (Å²) in [5.41, 5.74) is 2.32. The van der Waals surface area contributed by atoms with Gasteiger partial charge in [0.15, 0.2) is 0 Å². The van der Waals surface area contributed by atoms with Crippen LogP contribution in [0.5, 0.6) is 0 Å². The summed E-state index contributed by atoms with van der Waals surface area (Å²) in [7, 11) is 0. The molecule has 0 spiro atoms. The van der Waals surface area contributed by atoms with E-state index < -0.39 is 0 Å². The van der Waals surface area contributed by atoms with Gasteiger partial charge >= 0.3 is 5.97 Å². The number of ether oxygens (including phenoxy) is 1. The molecule has 0 atom stereocenters. The number of benzene rings is 1. The molecule has 0 N–H and O–H groups in total. The highest BCUT2D eigenvalue weighted by Gasteiger charge is 2.19. The van der Waals surface area contributed by atoms with Crippen LogP contribution >= 0.6 is 0 Å². The number of nitrogens with zero attached hydrogens (tertiary/aromatic N) is 3. The summed E-state index contributed by atoms with van der Waals surface area (Å²) in [5.74, 6) is 0.804. The van der Waals surface area contributed by atoms with Crippen molar-refractivity contribution in [1.82, 2.24) is 9.88 Å². The topological polar surface area (TPSA) is 45.7 Å². The Morgan fingerprint density at radius 2 is 1.73 bits per heavy atom. The smallest absolute Gasteiger partial charge is 0.308 e.